The number of methoxy groups -OCH3 is 1. The standard InChI is InChI=1S/C8H7ClF3NO2/c1-15-7(14)5-2-4(8(10,11)12)3-13-6(5)9/h2-3,7,14H,1H3. The summed E-state index contributed by atoms with van der Waals surface area (Å²) in [5, 5.41) is 8.96. The molecule has 1 rings (SSSR count). The summed E-state index contributed by atoms with van der Waals surface area (Å²) in [7, 11) is 1.14. The van der Waals surface area contributed by atoms with Gasteiger partial charge >= 0.3 is 6.18 Å². The molecule has 0 bridgehead atoms. The fraction of sp³-hybridized carbons (Fsp3) is 0.375. The molecule has 15 heavy (non-hydrogen) atoms. The summed E-state index contributed by atoms with van der Waals surface area (Å²) in [6.45, 7) is 0. The topological polar surface area (TPSA) is 42.4 Å². The van der Waals surface area contributed by atoms with E-state index in [0.717, 1.165) is 7.11 Å². The van der Waals surface area contributed by atoms with Gasteiger partial charge in [0, 0.05) is 18.9 Å². The van der Waals surface area contributed by atoms with E-state index in [9.17, 15) is 18.3 Å². The highest BCUT2D eigenvalue weighted by atomic mass is 35.5. The van der Waals surface area contributed by atoms with Gasteiger partial charge in [-0.1, -0.05) is 11.6 Å². The first-order valence-electron chi connectivity index (χ1n) is 3.79. The number of aliphatic hydroxyl groups is 1. The lowest BCUT2D eigenvalue weighted by molar-refractivity contribution is -0.138. The van der Waals surface area contributed by atoms with Crippen LogP contribution >= 0.6 is 11.6 Å². The van der Waals surface area contributed by atoms with Gasteiger partial charge in [0.15, 0.2) is 6.29 Å². The van der Waals surface area contributed by atoms with E-state index in [2.05, 4.69) is 9.72 Å². The third-order valence-corrected chi connectivity index (χ3v) is 2.00. The normalized spacial score (nSPS) is 14.0. The van der Waals surface area contributed by atoms with Crippen LogP contribution in [0, 0.1) is 0 Å². The van der Waals surface area contributed by atoms with Gasteiger partial charge in [-0.2, -0.15) is 13.2 Å². The molecule has 1 unspecified atom stereocenters. The molecule has 1 N–H and O–H groups in total. The van der Waals surface area contributed by atoms with Crippen LogP contribution in [0.5, 0.6) is 0 Å². The Morgan fingerprint density at radius 3 is 2.60 bits per heavy atom. The van der Waals surface area contributed by atoms with E-state index in [-0.39, 0.29) is 10.7 Å². The van der Waals surface area contributed by atoms with E-state index in [1.807, 2.05) is 0 Å². The molecule has 84 valence electrons. The maximum Gasteiger partial charge on any atom is 0.417 e. The maximum atomic E-state index is 12.3. The first-order chi connectivity index (χ1) is 6.86. The van der Waals surface area contributed by atoms with Crippen molar-refractivity contribution >= 4 is 11.6 Å². The molecular weight excluding hydrogens is 235 g/mol. The van der Waals surface area contributed by atoms with Crippen LogP contribution in [0.15, 0.2) is 12.3 Å². The fourth-order valence-electron chi connectivity index (χ4n) is 0.920. The maximum absolute atomic E-state index is 12.3. The molecule has 3 nitrogen and oxygen atoms in total. The Balaban J connectivity index is 3.17. The molecule has 0 saturated carbocycles. The van der Waals surface area contributed by atoms with E-state index >= 15 is 0 Å². The van der Waals surface area contributed by atoms with Gasteiger partial charge in [-0.25, -0.2) is 4.98 Å². The number of rotatable bonds is 2. The van der Waals surface area contributed by atoms with Crippen molar-refractivity contribution in [2.75, 3.05) is 7.11 Å². The summed E-state index contributed by atoms with van der Waals surface area (Å²) < 4.78 is 41.2. The van der Waals surface area contributed by atoms with Gasteiger partial charge in [0.05, 0.1) is 5.56 Å². The second-order valence-electron chi connectivity index (χ2n) is 2.69. The fourth-order valence-corrected chi connectivity index (χ4v) is 1.12. The van der Waals surface area contributed by atoms with Crippen LogP contribution < -0.4 is 0 Å². The zero-order valence-electron chi connectivity index (χ0n) is 7.55. The number of ether oxygens (including phenoxy) is 1. The van der Waals surface area contributed by atoms with Gasteiger partial charge in [0.2, 0.25) is 0 Å². The van der Waals surface area contributed by atoms with Crippen LogP contribution in [0.2, 0.25) is 5.15 Å². The first kappa shape index (κ1) is 12.2. The molecule has 0 spiro atoms. The molecule has 0 amide bonds. The SMILES string of the molecule is COC(O)c1cc(C(F)(F)F)cnc1Cl. The van der Waals surface area contributed by atoms with E-state index < -0.39 is 18.0 Å². The smallest absolute Gasteiger partial charge is 0.364 e. The molecular formula is C8H7ClF3NO2. The molecule has 1 heterocycles. The summed E-state index contributed by atoms with van der Waals surface area (Å²) in [4.78, 5) is 3.32. The summed E-state index contributed by atoms with van der Waals surface area (Å²) in [6.07, 6.45) is -5.46. The van der Waals surface area contributed by atoms with Gasteiger partial charge in [0.25, 0.3) is 0 Å². The van der Waals surface area contributed by atoms with Gasteiger partial charge in [-0.05, 0) is 6.07 Å². The number of hydrogen-bond donors (Lipinski definition) is 1. The Morgan fingerprint density at radius 1 is 1.53 bits per heavy atom. The Labute approximate surface area is 88.5 Å². The van der Waals surface area contributed by atoms with Crippen molar-refractivity contribution in [2.24, 2.45) is 0 Å². The summed E-state index contributed by atoms with van der Waals surface area (Å²) in [6, 6.07) is 0.698. The molecule has 0 aliphatic rings. The molecule has 0 aliphatic carbocycles. The molecule has 1 aromatic heterocycles. The molecule has 0 aromatic carbocycles. The van der Waals surface area contributed by atoms with E-state index in [0.29, 0.717) is 12.3 Å². The van der Waals surface area contributed by atoms with Crippen LogP contribution in [-0.2, 0) is 10.9 Å². The van der Waals surface area contributed by atoms with Crippen molar-refractivity contribution in [3.8, 4) is 0 Å². The molecule has 1 atom stereocenters. The van der Waals surface area contributed by atoms with Crippen molar-refractivity contribution in [3.63, 3.8) is 0 Å². The van der Waals surface area contributed by atoms with Crippen LogP contribution in [0.25, 0.3) is 0 Å². The summed E-state index contributed by atoms with van der Waals surface area (Å²) in [5.41, 5.74) is -1.20. The number of alkyl halides is 3. The molecule has 0 radical (unpaired) electrons. The molecule has 7 heteroatoms. The molecule has 0 fully saturated rings. The summed E-state index contributed by atoms with van der Waals surface area (Å²) in [5.74, 6) is 0. The van der Waals surface area contributed by atoms with Crippen molar-refractivity contribution < 1.29 is 23.0 Å². The lowest BCUT2D eigenvalue weighted by Crippen LogP contribution is -2.09. The quantitative estimate of drug-likeness (QED) is 0.639. The van der Waals surface area contributed by atoms with Crippen molar-refractivity contribution in [2.45, 2.75) is 12.5 Å². The van der Waals surface area contributed by atoms with Crippen LogP contribution in [0.3, 0.4) is 0 Å². The molecule has 0 saturated heterocycles. The largest absolute Gasteiger partial charge is 0.417 e. The number of hydrogen-bond acceptors (Lipinski definition) is 3. The van der Waals surface area contributed by atoms with Crippen molar-refractivity contribution in [1.29, 1.82) is 0 Å². The molecule has 1 aromatic rings. The highest BCUT2D eigenvalue weighted by molar-refractivity contribution is 6.30. The average Bonchev–Trinajstić information content (AvgIpc) is 2.15. The zero-order chi connectivity index (χ0) is 11.6. The van der Waals surface area contributed by atoms with Crippen LogP contribution in [0.1, 0.15) is 17.4 Å². The molecule has 0 aliphatic heterocycles. The van der Waals surface area contributed by atoms with E-state index in [1.54, 1.807) is 0 Å². The zero-order valence-corrected chi connectivity index (χ0v) is 8.30. The predicted molar refractivity (Wildman–Crippen MR) is 46.2 cm³/mol. The van der Waals surface area contributed by atoms with Crippen molar-refractivity contribution in [3.05, 3.63) is 28.5 Å². The number of halogens is 4. The van der Waals surface area contributed by atoms with Gasteiger partial charge in [0.1, 0.15) is 5.15 Å². The highest BCUT2D eigenvalue weighted by Gasteiger charge is 2.32. The van der Waals surface area contributed by atoms with Crippen LogP contribution in [-0.4, -0.2) is 17.2 Å². The third kappa shape index (κ3) is 2.80. The Morgan fingerprint density at radius 2 is 2.13 bits per heavy atom. The summed E-state index contributed by atoms with van der Waals surface area (Å²) >= 11 is 5.50. The monoisotopic (exact) mass is 241 g/mol. The van der Waals surface area contributed by atoms with Gasteiger partial charge < -0.3 is 9.84 Å². The van der Waals surface area contributed by atoms with Gasteiger partial charge in [-0.15, -0.1) is 0 Å². The highest BCUT2D eigenvalue weighted by Crippen LogP contribution is 2.32. The van der Waals surface area contributed by atoms with Gasteiger partial charge in [-0.3, -0.25) is 0 Å². The minimum absolute atomic E-state index is 0.214. The third-order valence-electron chi connectivity index (χ3n) is 1.68. The average molecular weight is 242 g/mol. The second kappa shape index (κ2) is 4.34. The number of pyridine rings is 1. The number of aliphatic hydroxyl groups excluding tert-OH is 1. The number of aromatic nitrogens is 1. The van der Waals surface area contributed by atoms with E-state index in [1.165, 1.54) is 0 Å². The minimum atomic E-state index is -4.53. The van der Waals surface area contributed by atoms with E-state index in [4.69, 9.17) is 11.6 Å². The first-order valence-corrected chi connectivity index (χ1v) is 4.17. The van der Waals surface area contributed by atoms with Crippen molar-refractivity contribution in [1.82, 2.24) is 4.98 Å². The lowest BCUT2D eigenvalue weighted by atomic mass is 10.2. The minimum Gasteiger partial charge on any atom is -0.364 e. The Kier molecular flexibility index (Phi) is 3.54. The second-order valence-corrected chi connectivity index (χ2v) is 3.05. The predicted octanol–water partition coefficient (Wildman–Crippen LogP) is 2.39. The Hall–Kier alpha value is -0.850. The van der Waals surface area contributed by atoms with Crippen LogP contribution in [0.4, 0.5) is 13.2 Å². The number of nitrogens with zero attached hydrogens (tertiary/aromatic N) is 1. The lowest BCUT2D eigenvalue weighted by Gasteiger charge is -2.12. The Bertz CT molecular complexity index is 356.